The van der Waals surface area contributed by atoms with Crippen molar-refractivity contribution in [1.82, 2.24) is 0 Å². The lowest BCUT2D eigenvalue weighted by Gasteiger charge is -2.45. The number of quaternary nitrogens is 2. The number of rotatable bonds is 1. The van der Waals surface area contributed by atoms with Gasteiger partial charge in [0.05, 0.1) is 46.1 Å². The summed E-state index contributed by atoms with van der Waals surface area (Å²) in [5, 5.41) is 0. The Morgan fingerprint density at radius 2 is 1.85 bits per heavy atom. The van der Waals surface area contributed by atoms with Gasteiger partial charge in [0.2, 0.25) is 0 Å². The molecule has 0 spiro atoms. The van der Waals surface area contributed by atoms with E-state index in [1.165, 1.54) is 13.0 Å². The summed E-state index contributed by atoms with van der Waals surface area (Å²) >= 11 is 0. The minimum Gasteiger partial charge on any atom is -0.335 e. The van der Waals surface area contributed by atoms with Crippen LogP contribution in [0.1, 0.15) is 27.2 Å². The Hall–Kier alpha value is -0.0800. The summed E-state index contributed by atoms with van der Waals surface area (Å²) in [4.78, 5) is 3.31. The zero-order chi connectivity index (χ0) is 10.2. The van der Waals surface area contributed by atoms with Crippen LogP contribution in [0.25, 0.3) is 0 Å². The molecule has 1 saturated heterocycles. The van der Waals surface area contributed by atoms with Crippen molar-refractivity contribution in [2.75, 3.05) is 27.7 Å². The molecule has 1 rings (SSSR count). The van der Waals surface area contributed by atoms with Gasteiger partial charge >= 0.3 is 0 Å². The SMILES string of the molecule is C[C@@H]1C[C@](C)([NH+](C)C)[C@H](C)C[NH+]1C. The number of hydrogen-bond donors (Lipinski definition) is 2. The molecule has 4 atom stereocenters. The molecule has 0 aromatic carbocycles. The number of nitrogens with one attached hydrogen (secondary N) is 2. The van der Waals surface area contributed by atoms with Crippen LogP contribution in [0.5, 0.6) is 0 Å². The maximum atomic E-state index is 2.44. The zero-order valence-electron chi connectivity index (χ0n) is 10.1. The van der Waals surface area contributed by atoms with Crippen LogP contribution in [-0.4, -0.2) is 39.3 Å². The zero-order valence-corrected chi connectivity index (χ0v) is 10.1. The first kappa shape index (κ1) is 11.0. The van der Waals surface area contributed by atoms with E-state index in [-0.39, 0.29) is 0 Å². The van der Waals surface area contributed by atoms with E-state index in [9.17, 15) is 0 Å². The fourth-order valence-electron chi connectivity index (χ4n) is 2.62. The molecule has 1 heterocycles. The van der Waals surface area contributed by atoms with Gasteiger partial charge in [0, 0.05) is 0 Å². The summed E-state index contributed by atoms with van der Waals surface area (Å²) in [7, 11) is 6.92. The van der Waals surface area contributed by atoms with Gasteiger partial charge in [0.25, 0.3) is 0 Å². The van der Waals surface area contributed by atoms with E-state index in [1.54, 1.807) is 9.80 Å². The second kappa shape index (κ2) is 3.58. The Morgan fingerprint density at radius 3 is 2.31 bits per heavy atom. The Labute approximate surface area is 82.9 Å². The van der Waals surface area contributed by atoms with Crippen LogP contribution in [0, 0.1) is 5.92 Å². The van der Waals surface area contributed by atoms with Gasteiger partial charge in [-0.3, -0.25) is 0 Å². The number of likely N-dealkylation sites (tertiary alicyclic amines) is 1. The maximum Gasteiger partial charge on any atom is 0.108 e. The van der Waals surface area contributed by atoms with Crippen LogP contribution in [-0.2, 0) is 0 Å². The quantitative estimate of drug-likeness (QED) is 0.511. The van der Waals surface area contributed by atoms with E-state index < -0.39 is 0 Å². The molecular weight excluding hydrogens is 160 g/mol. The fourth-order valence-corrected chi connectivity index (χ4v) is 2.62. The molecule has 0 aliphatic carbocycles. The van der Waals surface area contributed by atoms with Crippen molar-refractivity contribution >= 4 is 0 Å². The second-order valence-corrected chi connectivity index (χ2v) is 5.47. The number of hydrogen-bond acceptors (Lipinski definition) is 0. The molecule has 1 aliphatic rings. The van der Waals surface area contributed by atoms with Crippen LogP contribution >= 0.6 is 0 Å². The van der Waals surface area contributed by atoms with Crippen molar-refractivity contribution < 1.29 is 9.80 Å². The molecular formula is C11H26N2+2. The van der Waals surface area contributed by atoms with Crippen LogP contribution in [0.4, 0.5) is 0 Å². The first-order valence-corrected chi connectivity index (χ1v) is 5.51. The highest BCUT2D eigenvalue weighted by molar-refractivity contribution is 4.83. The molecule has 0 aromatic rings. The lowest BCUT2D eigenvalue weighted by atomic mass is 9.77. The van der Waals surface area contributed by atoms with Gasteiger partial charge in [-0.05, 0) is 13.8 Å². The summed E-state index contributed by atoms with van der Waals surface area (Å²) < 4.78 is 0. The Balaban J connectivity index is 2.76. The molecule has 2 N–H and O–H groups in total. The van der Waals surface area contributed by atoms with Crippen LogP contribution in [0.3, 0.4) is 0 Å². The van der Waals surface area contributed by atoms with Gasteiger partial charge < -0.3 is 9.80 Å². The molecule has 2 nitrogen and oxygen atoms in total. The van der Waals surface area contributed by atoms with E-state index in [1.807, 2.05) is 0 Å². The highest BCUT2D eigenvalue weighted by Gasteiger charge is 2.46. The molecule has 0 saturated carbocycles. The third-order valence-corrected chi connectivity index (χ3v) is 4.43. The molecule has 0 aromatic heterocycles. The Kier molecular flexibility index (Phi) is 3.03. The minimum absolute atomic E-state index is 0.485. The van der Waals surface area contributed by atoms with E-state index in [4.69, 9.17) is 0 Å². The first-order valence-electron chi connectivity index (χ1n) is 5.51. The second-order valence-electron chi connectivity index (χ2n) is 5.47. The molecule has 0 radical (unpaired) electrons. The molecule has 1 fully saturated rings. The smallest absolute Gasteiger partial charge is 0.108 e. The van der Waals surface area contributed by atoms with Crippen molar-refractivity contribution in [3.63, 3.8) is 0 Å². The van der Waals surface area contributed by atoms with Gasteiger partial charge in [-0.2, -0.15) is 0 Å². The predicted molar refractivity (Wildman–Crippen MR) is 56.2 cm³/mol. The van der Waals surface area contributed by atoms with Gasteiger partial charge in [-0.25, -0.2) is 0 Å². The third-order valence-electron chi connectivity index (χ3n) is 4.43. The molecule has 78 valence electrons. The predicted octanol–water partition coefficient (Wildman–Crippen LogP) is -1.17. The highest BCUT2D eigenvalue weighted by atomic mass is 15.2. The normalized spacial score (nSPS) is 46.8. The maximum absolute atomic E-state index is 2.44. The molecule has 0 bridgehead atoms. The highest BCUT2D eigenvalue weighted by Crippen LogP contribution is 2.20. The summed E-state index contributed by atoms with van der Waals surface area (Å²) in [6.45, 7) is 8.55. The van der Waals surface area contributed by atoms with E-state index >= 15 is 0 Å². The number of piperidine rings is 1. The van der Waals surface area contributed by atoms with Gasteiger partial charge in [-0.1, -0.05) is 6.92 Å². The van der Waals surface area contributed by atoms with Crippen molar-refractivity contribution in [3.8, 4) is 0 Å². The van der Waals surface area contributed by atoms with Crippen LogP contribution in [0.15, 0.2) is 0 Å². The van der Waals surface area contributed by atoms with Crippen molar-refractivity contribution in [2.24, 2.45) is 5.92 Å². The third kappa shape index (κ3) is 1.89. The van der Waals surface area contributed by atoms with Crippen molar-refractivity contribution in [3.05, 3.63) is 0 Å². The lowest BCUT2D eigenvalue weighted by molar-refractivity contribution is -0.966. The molecule has 1 unspecified atom stereocenters. The Morgan fingerprint density at radius 1 is 1.31 bits per heavy atom. The standard InChI is InChI=1S/C11H24N2/c1-9-8-13(6)10(2)7-11(9,3)12(4)5/h9-10H,7-8H2,1-6H3/p+2/t9-,10-,11+/m1/s1. The van der Waals surface area contributed by atoms with Crippen molar-refractivity contribution in [2.45, 2.75) is 38.8 Å². The lowest BCUT2D eigenvalue weighted by Crippen LogP contribution is -3.23. The Bertz CT molecular complexity index is 179. The first-order chi connectivity index (χ1) is 5.88. The summed E-state index contributed by atoms with van der Waals surface area (Å²) in [6.07, 6.45) is 1.35. The summed E-state index contributed by atoms with van der Waals surface area (Å²) in [6, 6.07) is 0.816. The minimum atomic E-state index is 0.485. The van der Waals surface area contributed by atoms with E-state index in [0.29, 0.717) is 5.54 Å². The average molecular weight is 186 g/mol. The largest absolute Gasteiger partial charge is 0.335 e. The molecule has 0 amide bonds. The summed E-state index contributed by atoms with van der Waals surface area (Å²) in [5.41, 5.74) is 0.485. The van der Waals surface area contributed by atoms with E-state index in [2.05, 4.69) is 41.9 Å². The van der Waals surface area contributed by atoms with Gasteiger partial charge in [0.1, 0.15) is 5.54 Å². The van der Waals surface area contributed by atoms with Gasteiger partial charge in [0.15, 0.2) is 0 Å². The topological polar surface area (TPSA) is 8.88 Å². The molecule has 1 aliphatic heterocycles. The molecule has 2 heteroatoms. The van der Waals surface area contributed by atoms with Gasteiger partial charge in [-0.15, -0.1) is 0 Å². The van der Waals surface area contributed by atoms with Crippen LogP contribution in [0.2, 0.25) is 0 Å². The fraction of sp³-hybridized carbons (Fsp3) is 1.00. The summed E-state index contributed by atoms with van der Waals surface area (Å²) in [5.74, 6) is 0.827. The van der Waals surface area contributed by atoms with Crippen molar-refractivity contribution in [1.29, 1.82) is 0 Å². The average Bonchev–Trinajstić information content (AvgIpc) is 2.01. The monoisotopic (exact) mass is 186 g/mol. The van der Waals surface area contributed by atoms with E-state index in [0.717, 1.165) is 12.0 Å². The van der Waals surface area contributed by atoms with Crippen LogP contribution < -0.4 is 9.80 Å². The molecule has 13 heavy (non-hydrogen) atoms.